The van der Waals surface area contributed by atoms with Crippen molar-refractivity contribution in [3.8, 4) is 17.0 Å². The Kier molecular flexibility index (Phi) is 3.32. The van der Waals surface area contributed by atoms with Gasteiger partial charge in [0.2, 0.25) is 0 Å². The number of nitrogens with zero attached hydrogens (tertiary/aromatic N) is 2. The molecule has 0 saturated carbocycles. The van der Waals surface area contributed by atoms with Gasteiger partial charge in [-0.15, -0.1) is 0 Å². The van der Waals surface area contributed by atoms with E-state index >= 15 is 0 Å². The first-order chi connectivity index (χ1) is 8.63. The second kappa shape index (κ2) is 4.91. The molecule has 0 radical (unpaired) electrons. The summed E-state index contributed by atoms with van der Waals surface area (Å²) >= 11 is 0. The van der Waals surface area contributed by atoms with Crippen molar-refractivity contribution < 1.29 is 14.3 Å². The number of hydrogen-bond acceptors (Lipinski definition) is 4. The van der Waals surface area contributed by atoms with Gasteiger partial charge in [-0.3, -0.25) is 4.68 Å². The monoisotopic (exact) mass is 246 g/mol. The first kappa shape index (κ1) is 12.2. The highest BCUT2D eigenvalue weighted by Crippen LogP contribution is 2.31. The Morgan fingerprint density at radius 1 is 1.28 bits per heavy atom. The van der Waals surface area contributed by atoms with E-state index in [1.165, 1.54) is 7.11 Å². The van der Waals surface area contributed by atoms with Crippen molar-refractivity contribution >= 4 is 6.16 Å². The number of aryl methyl sites for hydroxylation is 1. The molecule has 5 nitrogen and oxygen atoms in total. The summed E-state index contributed by atoms with van der Waals surface area (Å²) in [6.07, 6.45) is -0.747. The molecular weight excluding hydrogens is 232 g/mol. The summed E-state index contributed by atoms with van der Waals surface area (Å²) in [6, 6.07) is 9.54. The summed E-state index contributed by atoms with van der Waals surface area (Å²) in [6.45, 7) is 1.83. The lowest BCUT2D eigenvalue weighted by atomic mass is 10.1. The van der Waals surface area contributed by atoms with Gasteiger partial charge in [0, 0.05) is 12.6 Å². The third kappa shape index (κ3) is 2.20. The zero-order valence-electron chi connectivity index (χ0n) is 10.5. The Morgan fingerprint density at radius 2 is 1.94 bits per heavy atom. The number of aromatic nitrogens is 2. The first-order valence-corrected chi connectivity index (χ1v) is 5.48. The van der Waals surface area contributed by atoms with Crippen molar-refractivity contribution in [2.45, 2.75) is 6.92 Å². The molecule has 0 atom stereocenters. The van der Waals surface area contributed by atoms with Crippen LogP contribution in [-0.2, 0) is 11.8 Å². The molecule has 94 valence electrons. The minimum Gasteiger partial charge on any atom is -0.437 e. The Hall–Kier alpha value is -2.30. The van der Waals surface area contributed by atoms with E-state index in [-0.39, 0.29) is 0 Å². The number of ether oxygens (including phenoxy) is 2. The van der Waals surface area contributed by atoms with E-state index in [4.69, 9.17) is 4.74 Å². The van der Waals surface area contributed by atoms with Crippen LogP contribution in [0.2, 0.25) is 0 Å². The van der Waals surface area contributed by atoms with Crippen molar-refractivity contribution in [2.75, 3.05) is 7.11 Å². The molecule has 2 aromatic rings. The highest BCUT2D eigenvalue weighted by atomic mass is 16.7. The van der Waals surface area contributed by atoms with Gasteiger partial charge in [-0.2, -0.15) is 5.10 Å². The first-order valence-electron chi connectivity index (χ1n) is 5.48. The van der Waals surface area contributed by atoms with Crippen molar-refractivity contribution in [1.82, 2.24) is 9.78 Å². The highest BCUT2D eigenvalue weighted by Gasteiger charge is 2.19. The van der Waals surface area contributed by atoms with Crippen LogP contribution in [0.5, 0.6) is 5.75 Å². The van der Waals surface area contributed by atoms with E-state index in [1.807, 2.05) is 37.3 Å². The molecular formula is C13H14N2O3. The third-order valence-corrected chi connectivity index (χ3v) is 2.68. The molecule has 0 spiro atoms. The summed E-state index contributed by atoms with van der Waals surface area (Å²) in [7, 11) is 3.07. The lowest BCUT2D eigenvalue weighted by molar-refractivity contribution is 0.121. The van der Waals surface area contributed by atoms with Crippen LogP contribution >= 0.6 is 0 Å². The number of carbonyl (C=O) groups is 1. The lowest BCUT2D eigenvalue weighted by Gasteiger charge is -2.04. The van der Waals surface area contributed by atoms with E-state index < -0.39 is 6.16 Å². The van der Waals surface area contributed by atoms with Gasteiger partial charge in [-0.25, -0.2) is 4.79 Å². The molecule has 0 aliphatic carbocycles. The van der Waals surface area contributed by atoms with E-state index in [0.717, 1.165) is 11.3 Å². The van der Waals surface area contributed by atoms with Crippen LogP contribution in [0.4, 0.5) is 4.79 Å². The Labute approximate surface area is 105 Å². The van der Waals surface area contributed by atoms with E-state index in [9.17, 15) is 4.79 Å². The van der Waals surface area contributed by atoms with Gasteiger partial charge < -0.3 is 9.47 Å². The number of rotatable bonds is 2. The second-order valence-corrected chi connectivity index (χ2v) is 3.81. The third-order valence-electron chi connectivity index (χ3n) is 2.68. The van der Waals surface area contributed by atoms with Crippen LogP contribution in [0.25, 0.3) is 11.3 Å². The van der Waals surface area contributed by atoms with Gasteiger partial charge >= 0.3 is 6.16 Å². The minimum absolute atomic E-state index is 0.426. The quantitative estimate of drug-likeness (QED) is 0.764. The number of hydrogen-bond donors (Lipinski definition) is 0. The standard InChI is InChI=1S/C13H14N2O3/c1-9-12(18-13(16)17-3)11(14-15(9)2)10-7-5-4-6-8-10/h4-8H,1-3H3. The molecule has 0 bridgehead atoms. The predicted octanol–water partition coefficient (Wildman–Crippen LogP) is 2.54. The fourth-order valence-corrected chi connectivity index (χ4v) is 1.62. The zero-order chi connectivity index (χ0) is 13.1. The fraction of sp³-hybridized carbons (Fsp3) is 0.231. The van der Waals surface area contributed by atoms with Gasteiger partial charge in [0.15, 0.2) is 5.75 Å². The van der Waals surface area contributed by atoms with Gasteiger partial charge in [-0.05, 0) is 6.92 Å². The average molecular weight is 246 g/mol. The maximum Gasteiger partial charge on any atom is 0.513 e. The molecule has 1 aromatic carbocycles. The molecule has 0 aliphatic heterocycles. The normalized spacial score (nSPS) is 10.2. The maximum atomic E-state index is 11.2. The van der Waals surface area contributed by atoms with Crippen LogP contribution in [0.1, 0.15) is 5.69 Å². The van der Waals surface area contributed by atoms with Gasteiger partial charge in [0.1, 0.15) is 5.69 Å². The molecule has 0 aliphatic rings. The molecule has 18 heavy (non-hydrogen) atoms. The van der Waals surface area contributed by atoms with Crippen LogP contribution in [-0.4, -0.2) is 23.0 Å². The van der Waals surface area contributed by atoms with Crippen molar-refractivity contribution in [2.24, 2.45) is 7.05 Å². The smallest absolute Gasteiger partial charge is 0.437 e. The number of carbonyl (C=O) groups excluding carboxylic acids is 1. The molecule has 1 heterocycles. The maximum absolute atomic E-state index is 11.2. The molecule has 0 fully saturated rings. The molecule has 0 saturated heterocycles. The van der Waals surface area contributed by atoms with Gasteiger partial charge in [0.25, 0.3) is 0 Å². The van der Waals surface area contributed by atoms with Gasteiger partial charge in [0.05, 0.1) is 12.8 Å². The number of benzene rings is 1. The lowest BCUT2D eigenvalue weighted by Crippen LogP contribution is -2.08. The summed E-state index contributed by atoms with van der Waals surface area (Å²) in [5.41, 5.74) is 2.28. The molecule has 0 amide bonds. The minimum atomic E-state index is -0.747. The van der Waals surface area contributed by atoms with Crippen molar-refractivity contribution in [3.05, 3.63) is 36.0 Å². The molecule has 5 heteroatoms. The molecule has 2 rings (SSSR count). The van der Waals surface area contributed by atoms with E-state index in [1.54, 1.807) is 11.7 Å². The molecule has 0 unspecified atom stereocenters. The van der Waals surface area contributed by atoms with E-state index in [2.05, 4.69) is 9.84 Å². The summed E-state index contributed by atoms with van der Waals surface area (Å²) in [5.74, 6) is 0.426. The predicted molar refractivity (Wildman–Crippen MR) is 66.4 cm³/mol. The molecule has 1 aromatic heterocycles. The summed E-state index contributed by atoms with van der Waals surface area (Å²) in [4.78, 5) is 11.2. The molecule has 0 N–H and O–H groups in total. The van der Waals surface area contributed by atoms with Crippen LogP contribution in [0.3, 0.4) is 0 Å². The largest absolute Gasteiger partial charge is 0.513 e. The van der Waals surface area contributed by atoms with Crippen LogP contribution in [0, 0.1) is 6.92 Å². The summed E-state index contributed by atoms with van der Waals surface area (Å²) < 4.78 is 11.3. The van der Waals surface area contributed by atoms with Crippen molar-refractivity contribution in [3.63, 3.8) is 0 Å². The topological polar surface area (TPSA) is 53.4 Å². The Balaban J connectivity index is 2.48. The van der Waals surface area contributed by atoms with E-state index in [0.29, 0.717) is 11.4 Å². The van der Waals surface area contributed by atoms with Crippen LogP contribution < -0.4 is 4.74 Å². The Bertz CT molecular complexity index is 561. The second-order valence-electron chi connectivity index (χ2n) is 3.81. The van der Waals surface area contributed by atoms with Crippen LogP contribution in [0.15, 0.2) is 30.3 Å². The number of methoxy groups -OCH3 is 1. The fourth-order valence-electron chi connectivity index (χ4n) is 1.62. The van der Waals surface area contributed by atoms with Gasteiger partial charge in [-0.1, -0.05) is 30.3 Å². The SMILES string of the molecule is COC(=O)Oc1c(-c2ccccc2)nn(C)c1C. The Morgan fingerprint density at radius 3 is 2.56 bits per heavy atom. The van der Waals surface area contributed by atoms with Crippen molar-refractivity contribution in [1.29, 1.82) is 0 Å². The summed E-state index contributed by atoms with van der Waals surface area (Å²) in [5, 5.41) is 4.35. The average Bonchev–Trinajstić information content (AvgIpc) is 2.68. The zero-order valence-corrected chi connectivity index (χ0v) is 10.5. The highest BCUT2D eigenvalue weighted by molar-refractivity contribution is 5.73.